The molecule has 0 aromatic carbocycles. The summed E-state index contributed by atoms with van der Waals surface area (Å²) < 4.78 is 5.46. The number of aromatic nitrogens is 1. The molecule has 1 heterocycles. The zero-order chi connectivity index (χ0) is 13.8. The molecule has 0 spiro atoms. The first-order chi connectivity index (χ1) is 9.04. The predicted octanol–water partition coefficient (Wildman–Crippen LogP) is 2.79. The Morgan fingerprint density at radius 1 is 1.37 bits per heavy atom. The molecule has 1 fully saturated rings. The molecule has 1 N–H and O–H groups in total. The van der Waals surface area contributed by atoms with Crippen LogP contribution in [0.1, 0.15) is 52.0 Å². The lowest BCUT2D eigenvalue weighted by atomic mass is 10.2. The van der Waals surface area contributed by atoms with Crippen molar-refractivity contribution < 1.29 is 4.52 Å². The van der Waals surface area contributed by atoms with Gasteiger partial charge in [-0.25, -0.2) is 0 Å². The Morgan fingerprint density at radius 3 is 2.68 bits per heavy atom. The van der Waals surface area contributed by atoms with E-state index in [2.05, 4.69) is 49.1 Å². The lowest BCUT2D eigenvalue weighted by Crippen LogP contribution is -2.29. The second kappa shape index (κ2) is 6.53. The summed E-state index contributed by atoms with van der Waals surface area (Å²) in [5.41, 5.74) is 1.00. The van der Waals surface area contributed by atoms with Gasteiger partial charge in [0.15, 0.2) is 5.76 Å². The summed E-state index contributed by atoms with van der Waals surface area (Å²) in [5.74, 6) is 1.69. The Labute approximate surface area is 116 Å². The van der Waals surface area contributed by atoms with Crippen LogP contribution >= 0.6 is 0 Å². The van der Waals surface area contributed by atoms with Crippen molar-refractivity contribution in [2.24, 2.45) is 5.92 Å². The smallest absolute Gasteiger partial charge is 0.151 e. The monoisotopic (exact) mass is 265 g/mol. The third-order valence-electron chi connectivity index (χ3n) is 3.32. The van der Waals surface area contributed by atoms with Crippen molar-refractivity contribution in [2.45, 2.75) is 65.7 Å². The Morgan fingerprint density at radius 2 is 2.11 bits per heavy atom. The molecule has 1 aliphatic carbocycles. The average Bonchev–Trinajstić information content (AvgIpc) is 3.07. The van der Waals surface area contributed by atoms with E-state index in [1.54, 1.807) is 0 Å². The minimum atomic E-state index is 0.476. The van der Waals surface area contributed by atoms with Gasteiger partial charge in [0, 0.05) is 31.2 Å². The Kier molecular flexibility index (Phi) is 4.99. The highest BCUT2D eigenvalue weighted by molar-refractivity contribution is 5.06. The predicted molar refractivity (Wildman–Crippen MR) is 76.7 cm³/mol. The molecule has 1 saturated carbocycles. The van der Waals surface area contributed by atoms with Gasteiger partial charge in [0.25, 0.3) is 0 Å². The van der Waals surface area contributed by atoms with Gasteiger partial charge in [-0.15, -0.1) is 0 Å². The summed E-state index contributed by atoms with van der Waals surface area (Å²) in [6.07, 6.45) is 2.67. The van der Waals surface area contributed by atoms with Crippen molar-refractivity contribution in [2.75, 3.05) is 6.54 Å². The van der Waals surface area contributed by atoms with Gasteiger partial charge in [0.05, 0.1) is 12.2 Å². The van der Waals surface area contributed by atoms with Crippen LogP contribution in [0.5, 0.6) is 0 Å². The molecule has 0 aliphatic heterocycles. The molecule has 2 rings (SSSR count). The molecule has 0 saturated heterocycles. The molecular formula is C15H27N3O. The van der Waals surface area contributed by atoms with Gasteiger partial charge < -0.3 is 9.84 Å². The molecule has 1 aromatic rings. The maximum absolute atomic E-state index is 5.46. The van der Waals surface area contributed by atoms with E-state index in [1.807, 2.05) is 0 Å². The van der Waals surface area contributed by atoms with Crippen LogP contribution in [0.4, 0.5) is 0 Å². The summed E-state index contributed by atoms with van der Waals surface area (Å²) in [7, 11) is 0. The van der Waals surface area contributed by atoms with Crippen LogP contribution in [0.3, 0.4) is 0 Å². The van der Waals surface area contributed by atoms with Crippen molar-refractivity contribution in [3.63, 3.8) is 0 Å². The Bertz CT molecular complexity index is 382. The number of nitrogens with one attached hydrogen (secondary N) is 1. The molecule has 0 bridgehead atoms. The van der Waals surface area contributed by atoms with Gasteiger partial charge in [0.1, 0.15) is 0 Å². The second-order valence-corrected chi connectivity index (χ2v) is 6.37. The maximum atomic E-state index is 5.46. The molecular weight excluding hydrogens is 238 g/mol. The fourth-order valence-electron chi connectivity index (χ4n) is 2.27. The highest BCUT2D eigenvalue weighted by atomic mass is 16.5. The molecule has 0 radical (unpaired) electrons. The molecule has 1 aromatic heterocycles. The number of rotatable bonds is 8. The van der Waals surface area contributed by atoms with E-state index < -0.39 is 0 Å². The highest BCUT2D eigenvalue weighted by Crippen LogP contribution is 2.29. The quantitative estimate of drug-likeness (QED) is 0.785. The Balaban J connectivity index is 1.86. The summed E-state index contributed by atoms with van der Waals surface area (Å²) in [6, 6.07) is 3.33. The van der Waals surface area contributed by atoms with E-state index >= 15 is 0 Å². The third kappa shape index (κ3) is 4.96. The average molecular weight is 265 g/mol. The van der Waals surface area contributed by atoms with E-state index in [0.29, 0.717) is 12.0 Å². The molecule has 1 aliphatic rings. The van der Waals surface area contributed by atoms with Gasteiger partial charge in [-0.3, -0.25) is 4.90 Å². The van der Waals surface area contributed by atoms with Crippen LogP contribution in [-0.4, -0.2) is 28.7 Å². The van der Waals surface area contributed by atoms with Crippen LogP contribution in [0.2, 0.25) is 0 Å². The SMILES string of the molecule is CC(C)CN(Cc1cc(CNC(C)C)no1)C1CC1. The molecule has 19 heavy (non-hydrogen) atoms. The first-order valence-electron chi connectivity index (χ1n) is 7.46. The molecule has 0 atom stereocenters. The number of hydrogen-bond donors (Lipinski definition) is 1. The van der Waals surface area contributed by atoms with Crippen molar-refractivity contribution in [1.29, 1.82) is 0 Å². The van der Waals surface area contributed by atoms with Gasteiger partial charge in [-0.2, -0.15) is 0 Å². The van der Waals surface area contributed by atoms with Crippen molar-refractivity contribution in [3.05, 3.63) is 17.5 Å². The van der Waals surface area contributed by atoms with Gasteiger partial charge in [-0.05, 0) is 18.8 Å². The zero-order valence-corrected chi connectivity index (χ0v) is 12.6. The minimum absolute atomic E-state index is 0.476. The summed E-state index contributed by atoms with van der Waals surface area (Å²) in [4.78, 5) is 2.53. The third-order valence-corrected chi connectivity index (χ3v) is 3.32. The fraction of sp³-hybridized carbons (Fsp3) is 0.800. The summed E-state index contributed by atoms with van der Waals surface area (Å²) in [5, 5.41) is 7.50. The lowest BCUT2D eigenvalue weighted by molar-refractivity contribution is 0.200. The van der Waals surface area contributed by atoms with Crippen molar-refractivity contribution >= 4 is 0 Å². The molecule has 4 heteroatoms. The Hall–Kier alpha value is -0.870. The van der Waals surface area contributed by atoms with Crippen LogP contribution in [0, 0.1) is 5.92 Å². The van der Waals surface area contributed by atoms with Gasteiger partial charge in [0.2, 0.25) is 0 Å². The number of nitrogens with zero attached hydrogens (tertiary/aromatic N) is 2. The van der Waals surface area contributed by atoms with E-state index in [0.717, 1.165) is 37.1 Å². The van der Waals surface area contributed by atoms with E-state index in [4.69, 9.17) is 4.52 Å². The summed E-state index contributed by atoms with van der Waals surface area (Å²) in [6.45, 7) is 11.6. The number of hydrogen-bond acceptors (Lipinski definition) is 4. The normalized spacial score (nSPS) is 15.9. The van der Waals surface area contributed by atoms with Crippen molar-refractivity contribution in [3.8, 4) is 0 Å². The molecule has 108 valence electrons. The lowest BCUT2D eigenvalue weighted by Gasteiger charge is -2.22. The van der Waals surface area contributed by atoms with Crippen LogP contribution in [-0.2, 0) is 13.1 Å². The topological polar surface area (TPSA) is 41.3 Å². The van der Waals surface area contributed by atoms with E-state index in [1.165, 1.54) is 12.8 Å². The molecule has 0 unspecified atom stereocenters. The molecule has 4 nitrogen and oxygen atoms in total. The highest BCUT2D eigenvalue weighted by Gasteiger charge is 2.30. The maximum Gasteiger partial charge on any atom is 0.151 e. The van der Waals surface area contributed by atoms with Gasteiger partial charge in [-0.1, -0.05) is 32.9 Å². The van der Waals surface area contributed by atoms with Crippen LogP contribution < -0.4 is 5.32 Å². The zero-order valence-electron chi connectivity index (χ0n) is 12.6. The first kappa shape index (κ1) is 14.5. The summed E-state index contributed by atoms with van der Waals surface area (Å²) >= 11 is 0. The van der Waals surface area contributed by atoms with Crippen LogP contribution in [0.15, 0.2) is 10.6 Å². The largest absolute Gasteiger partial charge is 0.360 e. The van der Waals surface area contributed by atoms with Crippen molar-refractivity contribution in [1.82, 2.24) is 15.4 Å². The molecule has 0 amide bonds. The van der Waals surface area contributed by atoms with Gasteiger partial charge >= 0.3 is 0 Å². The first-order valence-corrected chi connectivity index (χ1v) is 7.46. The van der Waals surface area contributed by atoms with Crippen LogP contribution in [0.25, 0.3) is 0 Å². The van der Waals surface area contributed by atoms with E-state index in [9.17, 15) is 0 Å². The second-order valence-electron chi connectivity index (χ2n) is 6.37. The minimum Gasteiger partial charge on any atom is -0.360 e. The standard InChI is InChI=1S/C15H27N3O/c1-11(2)9-18(14-5-6-14)10-15-7-13(17-19-15)8-16-12(3)4/h7,11-12,14,16H,5-6,8-10H2,1-4H3. The fourth-order valence-corrected chi connectivity index (χ4v) is 2.27. The van der Waals surface area contributed by atoms with E-state index in [-0.39, 0.29) is 0 Å².